The predicted molar refractivity (Wildman–Crippen MR) is 79.1 cm³/mol. The molecule has 0 saturated heterocycles. The monoisotopic (exact) mass is 312 g/mol. The summed E-state index contributed by atoms with van der Waals surface area (Å²) < 4.78 is 41.3. The minimum Gasteiger partial charge on any atom is -0.334 e. The molecule has 2 unspecified atom stereocenters. The molecule has 1 aromatic heterocycles. The van der Waals surface area contributed by atoms with Gasteiger partial charge in [-0.1, -0.05) is 13.0 Å². The van der Waals surface area contributed by atoms with Gasteiger partial charge in [0.15, 0.2) is 0 Å². The number of rotatable bonds is 6. The lowest BCUT2D eigenvalue weighted by Crippen LogP contribution is -2.13. The van der Waals surface area contributed by atoms with Crippen molar-refractivity contribution in [2.45, 2.75) is 37.8 Å². The van der Waals surface area contributed by atoms with Crippen LogP contribution < -0.4 is 0 Å². The lowest BCUT2D eigenvalue weighted by molar-refractivity contribution is 0.566. The highest BCUT2D eigenvalue weighted by Crippen LogP contribution is 2.28. The molecule has 2 rings (SSSR count). The lowest BCUT2D eigenvalue weighted by Gasteiger charge is -2.16. The van der Waals surface area contributed by atoms with Gasteiger partial charge in [-0.2, -0.15) is 0 Å². The van der Waals surface area contributed by atoms with Crippen molar-refractivity contribution in [3.05, 3.63) is 53.6 Å². The van der Waals surface area contributed by atoms with Crippen LogP contribution in [0.1, 0.15) is 36.9 Å². The molecule has 0 bridgehead atoms. The molecule has 0 N–H and O–H groups in total. The highest BCUT2D eigenvalue weighted by Gasteiger charge is 2.22. The number of aromatic nitrogens is 2. The van der Waals surface area contributed by atoms with Gasteiger partial charge in [0.1, 0.15) is 17.5 Å². The zero-order valence-electron chi connectivity index (χ0n) is 12.1. The van der Waals surface area contributed by atoms with Crippen LogP contribution in [0.3, 0.4) is 0 Å². The van der Waals surface area contributed by atoms with Crippen LogP contribution in [0, 0.1) is 11.6 Å². The van der Waals surface area contributed by atoms with Crippen LogP contribution >= 0.6 is 0 Å². The maximum Gasteiger partial charge on any atom is 0.130 e. The summed E-state index contributed by atoms with van der Waals surface area (Å²) in [6.07, 6.45) is 4.00. The van der Waals surface area contributed by atoms with E-state index in [1.165, 1.54) is 12.1 Å². The van der Waals surface area contributed by atoms with E-state index in [0.29, 0.717) is 12.0 Å². The van der Waals surface area contributed by atoms with Gasteiger partial charge in [0.2, 0.25) is 0 Å². The van der Waals surface area contributed by atoms with Crippen molar-refractivity contribution in [2.75, 3.05) is 0 Å². The van der Waals surface area contributed by atoms with Crippen LogP contribution in [-0.4, -0.2) is 13.8 Å². The second kappa shape index (κ2) is 6.93. The van der Waals surface area contributed by atoms with E-state index in [2.05, 4.69) is 4.98 Å². The third-order valence-corrected chi connectivity index (χ3v) is 5.18. The van der Waals surface area contributed by atoms with Gasteiger partial charge < -0.3 is 4.57 Å². The molecule has 0 radical (unpaired) electrons. The Kier molecular flexibility index (Phi) is 5.22. The van der Waals surface area contributed by atoms with E-state index in [-0.39, 0.29) is 5.75 Å². The number of hydrogen-bond donors (Lipinski definition) is 0. The fourth-order valence-electron chi connectivity index (χ4n) is 2.31. The Labute approximate surface area is 125 Å². The van der Waals surface area contributed by atoms with E-state index >= 15 is 0 Å². The first-order valence-corrected chi connectivity index (χ1v) is 8.27. The first-order valence-electron chi connectivity index (χ1n) is 6.88. The molecule has 3 nitrogen and oxygen atoms in total. The third kappa shape index (κ3) is 3.56. The summed E-state index contributed by atoms with van der Waals surface area (Å²) in [6.45, 7) is 4.57. The molecule has 0 aliphatic heterocycles. The normalized spacial score (nSPS) is 14.1. The third-order valence-electron chi connectivity index (χ3n) is 3.41. The Bertz CT molecular complexity index is 642. The minimum atomic E-state index is -1.31. The molecular formula is C15H18F2N2OS. The van der Waals surface area contributed by atoms with E-state index in [1.807, 2.05) is 24.6 Å². The number of halogens is 2. The average Bonchev–Trinajstić information content (AvgIpc) is 2.89. The molecule has 0 aliphatic rings. The number of aryl methyl sites for hydroxylation is 1. The van der Waals surface area contributed by atoms with Gasteiger partial charge in [0.25, 0.3) is 0 Å². The molecule has 1 aromatic carbocycles. The molecule has 114 valence electrons. The van der Waals surface area contributed by atoms with Crippen LogP contribution in [0.4, 0.5) is 8.78 Å². The van der Waals surface area contributed by atoms with Crippen LogP contribution in [0.5, 0.6) is 0 Å². The van der Waals surface area contributed by atoms with E-state index in [4.69, 9.17) is 0 Å². The first-order chi connectivity index (χ1) is 10.1. The van der Waals surface area contributed by atoms with Gasteiger partial charge in [-0.25, -0.2) is 13.8 Å². The molecule has 1 heterocycles. The minimum absolute atomic E-state index is 0.260. The van der Waals surface area contributed by atoms with Crippen molar-refractivity contribution in [3.8, 4) is 0 Å². The van der Waals surface area contributed by atoms with E-state index in [0.717, 1.165) is 18.4 Å². The molecule has 0 aliphatic carbocycles. The number of hydrogen-bond acceptors (Lipinski definition) is 2. The Hall–Kier alpha value is -1.56. The molecule has 21 heavy (non-hydrogen) atoms. The molecule has 2 aromatic rings. The van der Waals surface area contributed by atoms with Crippen molar-refractivity contribution < 1.29 is 13.0 Å². The topological polar surface area (TPSA) is 34.9 Å². The molecule has 0 saturated carbocycles. The fourth-order valence-corrected chi connectivity index (χ4v) is 3.85. The summed E-state index contributed by atoms with van der Waals surface area (Å²) in [4.78, 5) is 4.19. The van der Waals surface area contributed by atoms with Crippen LogP contribution in [0.15, 0.2) is 30.6 Å². The smallest absolute Gasteiger partial charge is 0.130 e. The molecule has 2 atom stereocenters. The highest BCUT2D eigenvalue weighted by atomic mass is 32.2. The summed E-state index contributed by atoms with van der Waals surface area (Å²) in [5, 5.41) is -0.465. The highest BCUT2D eigenvalue weighted by molar-refractivity contribution is 7.84. The van der Waals surface area contributed by atoms with Crippen molar-refractivity contribution in [2.24, 2.45) is 0 Å². The number of benzene rings is 1. The van der Waals surface area contributed by atoms with Gasteiger partial charge in [0, 0.05) is 41.4 Å². The fraction of sp³-hybridized carbons (Fsp3) is 0.400. The van der Waals surface area contributed by atoms with Crippen molar-refractivity contribution >= 4 is 10.8 Å². The lowest BCUT2D eigenvalue weighted by atomic mass is 10.1. The Balaban J connectivity index is 2.22. The van der Waals surface area contributed by atoms with Gasteiger partial charge in [0.05, 0.1) is 11.0 Å². The van der Waals surface area contributed by atoms with Gasteiger partial charge in [-0.05, 0) is 19.4 Å². The van der Waals surface area contributed by atoms with Crippen LogP contribution in [0.2, 0.25) is 0 Å². The zero-order valence-corrected chi connectivity index (χ0v) is 12.9. The Morgan fingerprint density at radius 3 is 2.71 bits per heavy atom. The maximum atomic E-state index is 13.9. The van der Waals surface area contributed by atoms with Crippen molar-refractivity contribution in [1.29, 1.82) is 0 Å². The number of imidazole rings is 1. The van der Waals surface area contributed by atoms with Crippen molar-refractivity contribution in [1.82, 2.24) is 9.55 Å². The molecule has 0 fully saturated rings. The largest absolute Gasteiger partial charge is 0.334 e. The summed E-state index contributed by atoms with van der Waals surface area (Å²) >= 11 is 0. The van der Waals surface area contributed by atoms with Crippen molar-refractivity contribution in [3.63, 3.8) is 0 Å². The number of nitrogens with zero attached hydrogens (tertiary/aromatic N) is 2. The van der Waals surface area contributed by atoms with E-state index < -0.39 is 27.7 Å². The van der Waals surface area contributed by atoms with Crippen LogP contribution in [0.25, 0.3) is 0 Å². The summed E-state index contributed by atoms with van der Waals surface area (Å²) in [7, 11) is -1.31. The maximum absolute atomic E-state index is 13.9. The molecule has 6 heteroatoms. The summed E-state index contributed by atoms with van der Waals surface area (Å²) in [5.41, 5.74) is 0.298. The SMILES string of the molecule is CCC(c1ccc(F)cc1F)S(=O)Cc1nccn1CC. The predicted octanol–water partition coefficient (Wildman–Crippen LogP) is 3.58. The van der Waals surface area contributed by atoms with E-state index in [1.54, 1.807) is 6.20 Å². The molecule has 0 spiro atoms. The Morgan fingerprint density at radius 2 is 2.10 bits per heavy atom. The van der Waals surface area contributed by atoms with Gasteiger partial charge in [-0.3, -0.25) is 4.21 Å². The quantitative estimate of drug-likeness (QED) is 0.817. The molecular weight excluding hydrogens is 294 g/mol. The summed E-state index contributed by atoms with van der Waals surface area (Å²) in [6, 6.07) is 3.41. The summed E-state index contributed by atoms with van der Waals surface area (Å²) in [5.74, 6) is -0.292. The first kappa shape index (κ1) is 15.8. The van der Waals surface area contributed by atoms with Crippen LogP contribution in [-0.2, 0) is 23.1 Å². The van der Waals surface area contributed by atoms with Gasteiger partial charge >= 0.3 is 0 Å². The second-order valence-electron chi connectivity index (χ2n) is 4.72. The standard InChI is InChI=1S/C15H18F2N2OS/c1-3-14(12-6-5-11(16)9-13(12)17)21(20)10-15-18-7-8-19(15)4-2/h5-9,14H,3-4,10H2,1-2H3. The van der Waals surface area contributed by atoms with E-state index in [9.17, 15) is 13.0 Å². The Morgan fingerprint density at radius 1 is 1.33 bits per heavy atom. The van der Waals surface area contributed by atoms with Gasteiger partial charge in [-0.15, -0.1) is 0 Å². The zero-order chi connectivity index (χ0) is 15.4. The molecule has 0 amide bonds. The average molecular weight is 312 g/mol. The second-order valence-corrected chi connectivity index (χ2v) is 6.34.